The van der Waals surface area contributed by atoms with Gasteiger partial charge in [0.1, 0.15) is 5.69 Å². The van der Waals surface area contributed by atoms with Crippen LogP contribution >= 0.6 is 0 Å². The smallest absolute Gasteiger partial charge is 0.354 e. The molecule has 4 nitrogen and oxygen atoms in total. The van der Waals surface area contributed by atoms with Gasteiger partial charge in [-0.1, -0.05) is 19.9 Å². The fourth-order valence-corrected chi connectivity index (χ4v) is 1.20. The topological polar surface area (TPSA) is 62.2 Å². The molecule has 0 aliphatic heterocycles. The summed E-state index contributed by atoms with van der Waals surface area (Å²) in [5.41, 5.74) is 0.851. The van der Waals surface area contributed by atoms with Gasteiger partial charge in [0.15, 0.2) is 0 Å². The molecule has 0 aliphatic carbocycles. The van der Waals surface area contributed by atoms with Gasteiger partial charge < -0.3 is 10.4 Å². The van der Waals surface area contributed by atoms with Crippen LogP contribution in [0.5, 0.6) is 0 Å². The van der Waals surface area contributed by atoms with Crippen LogP contribution in [0.15, 0.2) is 18.2 Å². The predicted molar refractivity (Wildman–Crippen MR) is 62.3 cm³/mol. The summed E-state index contributed by atoms with van der Waals surface area (Å²) >= 11 is 0. The second-order valence-electron chi connectivity index (χ2n) is 4.23. The summed E-state index contributed by atoms with van der Waals surface area (Å²) in [6, 6.07) is 5.42. The van der Waals surface area contributed by atoms with Crippen molar-refractivity contribution in [3.05, 3.63) is 29.6 Å². The number of nitrogens with one attached hydrogen (secondary N) is 1. The van der Waals surface area contributed by atoms with Crippen LogP contribution < -0.4 is 5.32 Å². The number of rotatable bonds is 5. The molecule has 0 aromatic carbocycles. The molecule has 0 spiro atoms. The Kier molecular flexibility index (Phi) is 4.43. The summed E-state index contributed by atoms with van der Waals surface area (Å²) in [6.07, 6.45) is 0. The van der Waals surface area contributed by atoms with Crippen molar-refractivity contribution in [1.29, 1.82) is 0 Å². The summed E-state index contributed by atoms with van der Waals surface area (Å²) in [5, 5.41) is 12.1. The molecular formula is C12H18N2O2. The van der Waals surface area contributed by atoms with E-state index in [4.69, 9.17) is 5.11 Å². The summed E-state index contributed by atoms with van der Waals surface area (Å²) < 4.78 is 0. The average molecular weight is 222 g/mol. The van der Waals surface area contributed by atoms with Gasteiger partial charge in [-0.25, -0.2) is 9.78 Å². The Bertz CT molecular complexity index is 364. The van der Waals surface area contributed by atoms with Gasteiger partial charge in [0, 0.05) is 12.6 Å². The van der Waals surface area contributed by atoms with Gasteiger partial charge in [-0.05, 0) is 25.0 Å². The summed E-state index contributed by atoms with van der Waals surface area (Å²) in [4.78, 5) is 14.8. The first-order valence-electron chi connectivity index (χ1n) is 5.43. The number of nitrogens with zero attached hydrogens (tertiary/aromatic N) is 1. The van der Waals surface area contributed by atoms with Crippen LogP contribution in [0.1, 0.15) is 37.0 Å². The fraction of sp³-hybridized carbons (Fsp3) is 0.500. The minimum atomic E-state index is -0.987. The Balaban J connectivity index is 2.61. The van der Waals surface area contributed by atoms with Crippen molar-refractivity contribution in [2.75, 3.05) is 0 Å². The third-order valence-corrected chi connectivity index (χ3v) is 2.63. The monoisotopic (exact) mass is 222 g/mol. The van der Waals surface area contributed by atoms with Crippen molar-refractivity contribution < 1.29 is 9.90 Å². The molecule has 1 rings (SSSR count). The SMILES string of the molecule is CC(C)C(C)NCc1cccc(C(=O)O)n1. The molecular weight excluding hydrogens is 204 g/mol. The van der Waals surface area contributed by atoms with E-state index < -0.39 is 5.97 Å². The standard InChI is InChI=1S/C12H18N2O2/c1-8(2)9(3)13-7-10-5-4-6-11(14-10)12(15)16/h4-6,8-9,13H,7H2,1-3H3,(H,15,16). The number of aromatic carboxylic acids is 1. The number of aromatic nitrogens is 1. The Labute approximate surface area is 95.7 Å². The highest BCUT2D eigenvalue weighted by atomic mass is 16.4. The molecule has 0 saturated carbocycles. The highest BCUT2D eigenvalue weighted by molar-refractivity contribution is 5.85. The van der Waals surface area contributed by atoms with Crippen LogP contribution in [-0.4, -0.2) is 22.1 Å². The largest absolute Gasteiger partial charge is 0.477 e. The quantitative estimate of drug-likeness (QED) is 0.799. The molecule has 1 aromatic rings. The Hall–Kier alpha value is -1.42. The summed E-state index contributed by atoms with van der Waals surface area (Å²) in [5.74, 6) is -0.443. The number of pyridine rings is 1. The highest BCUT2D eigenvalue weighted by Gasteiger charge is 2.08. The molecule has 88 valence electrons. The lowest BCUT2D eigenvalue weighted by molar-refractivity contribution is 0.0690. The van der Waals surface area contributed by atoms with Crippen LogP contribution in [0.3, 0.4) is 0 Å². The Morgan fingerprint density at radius 3 is 2.69 bits per heavy atom. The lowest BCUT2D eigenvalue weighted by atomic mass is 10.1. The molecule has 0 amide bonds. The van der Waals surface area contributed by atoms with Gasteiger partial charge in [0.25, 0.3) is 0 Å². The second kappa shape index (κ2) is 5.61. The first-order valence-corrected chi connectivity index (χ1v) is 5.43. The van der Waals surface area contributed by atoms with Gasteiger partial charge in [-0.2, -0.15) is 0 Å². The number of carboxylic acid groups (broad SMARTS) is 1. The van der Waals surface area contributed by atoms with Crippen LogP contribution in [0.2, 0.25) is 0 Å². The maximum absolute atomic E-state index is 10.7. The van der Waals surface area contributed by atoms with E-state index in [-0.39, 0.29) is 5.69 Å². The maximum atomic E-state index is 10.7. The summed E-state index contributed by atoms with van der Waals surface area (Å²) in [6.45, 7) is 6.98. The first kappa shape index (κ1) is 12.6. The van der Waals surface area contributed by atoms with Crippen LogP contribution in [-0.2, 0) is 6.54 Å². The van der Waals surface area contributed by atoms with Gasteiger partial charge in [0.2, 0.25) is 0 Å². The minimum Gasteiger partial charge on any atom is -0.477 e. The zero-order chi connectivity index (χ0) is 12.1. The van der Waals surface area contributed by atoms with Gasteiger partial charge in [-0.15, -0.1) is 0 Å². The van der Waals surface area contributed by atoms with E-state index in [0.717, 1.165) is 5.69 Å². The summed E-state index contributed by atoms with van der Waals surface area (Å²) in [7, 11) is 0. The van der Waals surface area contributed by atoms with Gasteiger partial charge >= 0.3 is 5.97 Å². The molecule has 1 aromatic heterocycles. The molecule has 1 atom stereocenters. The van der Waals surface area contributed by atoms with Crippen molar-refractivity contribution in [2.24, 2.45) is 5.92 Å². The molecule has 2 N–H and O–H groups in total. The van der Waals surface area contributed by atoms with Crippen molar-refractivity contribution in [3.63, 3.8) is 0 Å². The predicted octanol–water partition coefficient (Wildman–Crippen LogP) is 1.91. The van der Waals surface area contributed by atoms with Crippen molar-refractivity contribution in [2.45, 2.75) is 33.4 Å². The van der Waals surface area contributed by atoms with E-state index in [2.05, 4.69) is 31.1 Å². The number of carboxylic acids is 1. The molecule has 1 unspecified atom stereocenters. The van der Waals surface area contributed by atoms with Crippen molar-refractivity contribution >= 4 is 5.97 Å². The Morgan fingerprint density at radius 1 is 1.44 bits per heavy atom. The molecule has 0 aliphatic rings. The molecule has 16 heavy (non-hydrogen) atoms. The first-order chi connectivity index (χ1) is 7.50. The van der Waals surface area contributed by atoms with E-state index in [1.54, 1.807) is 6.07 Å². The van der Waals surface area contributed by atoms with E-state index in [1.165, 1.54) is 6.07 Å². The normalized spacial score (nSPS) is 12.8. The van der Waals surface area contributed by atoms with Crippen molar-refractivity contribution in [3.8, 4) is 0 Å². The van der Waals surface area contributed by atoms with E-state index in [1.807, 2.05) is 6.07 Å². The van der Waals surface area contributed by atoms with Crippen LogP contribution in [0.4, 0.5) is 0 Å². The number of hydrogen-bond donors (Lipinski definition) is 2. The fourth-order valence-electron chi connectivity index (χ4n) is 1.20. The van der Waals surface area contributed by atoms with Crippen LogP contribution in [0, 0.1) is 5.92 Å². The Morgan fingerprint density at radius 2 is 2.12 bits per heavy atom. The lowest BCUT2D eigenvalue weighted by Gasteiger charge is -2.17. The van der Waals surface area contributed by atoms with Crippen molar-refractivity contribution in [1.82, 2.24) is 10.3 Å². The maximum Gasteiger partial charge on any atom is 0.354 e. The lowest BCUT2D eigenvalue weighted by Crippen LogP contribution is -2.30. The zero-order valence-electron chi connectivity index (χ0n) is 9.90. The number of carbonyl (C=O) groups is 1. The minimum absolute atomic E-state index is 0.0940. The molecule has 0 radical (unpaired) electrons. The van der Waals surface area contributed by atoms with Gasteiger partial charge in [-0.3, -0.25) is 0 Å². The van der Waals surface area contributed by atoms with E-state index in [9.17, 15) is 4.79 Å². The molecule has 0 bridgehead atoms. The molecule has 0 saturated heterocycles. The van der Waals surface area contributed by atoms with Crippen LogP contribution in [0.25, 0.3) is 0 Å². The molecule has 0 fully saturated rings. The molecule has 4 heteroatoms. The van der Waals surface area contributed by atoms with E-state index in [0.29, 0.717) is 18.5 Å². The third kappa shape index (κ3) is 3.62. The third-order valence-electron chi connectivity index (χ3n) is 2.63. The highest BCUT2D eigenvalue weighted by Crippen LogP contribution is 2.03. The van der Waals surface area contributed by atoms with Gasteiger partial charge in [0.05, 0.1) is 5.69 Å². The second-order valence-corrected chi connectivity index (χ2v) is 4.23. The van der Waals surface area contributed by atoms with E-state index >= 15 is 0 Å². The average Bonchev–Trinajstić information content (AvgIpc) is 2.26. The molecule has 1 heterocycles. The number of hydrogen-bond acceptors (Lipinski definition) is 3. The zero-order valence-corrected chi connectivity index (χ0v) is 9.90.